The normalized spacial score (nSPS) is 15.7. The number of carbonyl (C=O) groups is 1. The van der Waals surface area contributed by atoms with Gasteiger partial charge in [-0.05, 0) is 0 Å². The van der Waals surface area contributed by atoms with E-state index in [1.807, 2.05) is 0 Å². The lowest BCUT2D eigenvalue weighted by Crippen LogP contribution is -2.72. The average molecular weight is 440 g/mol. The zero-order chi connectivity index (χ0) is 22.7. The van der Waals surface area contributed by atoms with Crippen molar-refractivity contribution in [3.63, 3.8) is 0 Å². The molecule has 0 aromatic carbocycles. The summed E-state index contributed by atoms with van der Waals surface area (Å²) in [4.78, 5) is 10.1. The van der Waals surface area contributed by atoms with Crippen LogP contribution >= 0.6 is 0 Å². The summed E-state index contributed by atoms with van der Waals surface area (Å²) in [5.41, 5.74) is -3.27. The highest BCUT2D eigenvalue weighted by Gasteiger charge is 2.93. The first-order valence-electron chi connectivity index (χ1n) is 5.62. The summed E-state index contributed by atoms with van der Waals surface area (Å²) < 4.78 is 191. The molecule has 0 aliphatic rings. The van der Waals surface area contributed by atoms with Gasteiger partial charge in [-0.1, -0.05) is 6.58 Å². The molecule has 0 rings (SSSR count). The van der Waals surface area contributed by atoms with Gasteiger partial charge in [0.1, 0.15) is 5.57 Å². The summed E-state index contributed by atoms with van der Waals surface area (Å²) in [6.07, 6.45) is -7.70. The Kier molecular flexibility index (Phi) is 5.67. The van der Waals surface area contributed by atoms with Gasteiger partial charge in [-0.2, -0.15) is 65.9 Å². The molecule has 0 fully saturated rings. The Morgan fingerprint density at radius 1 is 0.556 bits per heavy atom. The van der Waals surface area contributed by atoms with Crippen molar-refractivity contribution in [2.75, 3.05) is 0 Å². The summed E-state index contributed by atoms with van der Waals surface area (Å²) in [5, 5.41) is 7.98. The van der Waals surface area contributed by atoms with E-state index in [0.29, 0.717) is 0 Å². The highest BCUT2D eigenvalue weighted by Crippen LogP contribution is 2.62. The Balaban J connectivity index is 6.64. The van der Waals surface area contributed by atoms with Crippen LogP contribution in [0.2, 0.25) is 0 Å². The van der Waals surface area contributed by atoms with Crippen molar-refractivity contribution >= 4 is 5.97 Å². The van der Waals surface area contributed by atoms with E-state index in [-0.39, 0.29) is 0 Å². The van der Waals surface area contributed by atoms with Crippen LogP contribution in [-0.4, -0.2) is 52.8 Å². The van der Waals surface area contributed by atoms with Gasteiger partial charge in [0, 0.05) is 0 Å². The van der Waals surface area contributed by atoms with E-state index in [1.165, 1.54) is 0 Å². The van der Waals surface area contributed by atoms with Crippen molar-refractivity contribution in [1.29, 1.82) is 0 Å². The maximum atomic E-state index is 13.1. The van der Waals surface area contributed by atoms with E-state index in [2.05, 4.69) is 0 Å². The topological polar surface area (TPSA) is 37.3 Å². The minimum Gasteiger partial charge on any atom is -0.478 e. The zero-order valence-corrected chi connectivity index (χ0v) is 11.7. The standard InChI is InChI=1S/C10H3F15O2/c1-2(3(26)27)4(11,12)5(13,14)6(15,16)7(17,18)8(19,20)9(21,22)10(23,24)25/h1H2,(H,26,27). The lowest BCUT2D eigenvalue weighted by Gasteiger charge is -2.41. The summed E-state index contributed by atoms with van der Waals surface area (Å²) in [5.74, 6) is -51.3. The van der Waals surface area contributed by atoms with Gasteiger partial charge in [-0.25, -0.2) is 4.79 Å². The third-order valence-electron chi connectivity index (χ3n) is 2.96. The number of carboxylic acids is 1. The van der Waals surface area contributed by atoms with Gasteiger partial charge in [0.2, 0.25) is 0 Å². The van der Waals surface area contributed by atoms with Crippen molar-refractivity contribution < 1.29 is 75.8 Å². The quantitative estimate of drug-likeness (QED) is 0.447. The number of halogens is 15. The second kappa shape index (κ2) is 6.08. The van der Waals surface area contributed by atoms with Gasteiger partial charge >= 0.3 is 47.7 Å². The minimum absolute atomic E-state index is 1.61. The SMILES string of the molecule is C=C(C(=O)O)C(F)(F)C(F)(F)C(F)(F)C(F)(F)C(F)(F)C(F)(F)C(F)(F)F. The van der Waals surface area contributed by atoms with Crippen LogP contribution < -0.4 is 0 Å². The van der Waals surface area contributed by atoms with Gasteiger partial charge < -0.3 is 5.11 Å². The Hall–Kier alpha value is -1.84. The third kappa shape index (κ3) is 3.07. The number of rotatable bonds is 7. The number of hydrogen-bond acceptors (Lipinski definition) is 1. The number of alkyl halides is 15. The number of hydrogen-bond donors (Lipinski definition) is 1. The van der Waals surface area contributed by atoms with Crippen LogP contribution in [0.3, 0.4) is 0 Å². The Morgan fingerprint density at radius 2 is 0.815 bits per heavy atom. The molecule has 160 valence electrons. The van der Waals surface area contributed by atoms with Crippen LogP contribution in [0.15, 0.2) is 12.2 Å². The maximum Gasteiger partial charge on any atom is 0.460 e. The van der Waals surface area contributed by atoms with E-state index in [0.717, 1.165) is 0 Å². The summed E-state index contributed by atoms with van der Waals surface area (Å²) in [6.45, 7) is 1.61. The molecule has 17 heteroatoms. The van der Waals surface area contributed by atoms with Crippen LogP contribution in [-0.2, 0) is 4.79 Å². The Morgan fingerprint density at radius 3 is 1.07 bits per heavy atom. The fourth-order valence-electron chi connectivity index (χ4n) is 1.29. The number of carboxylic acid groups (broad SMARTS) is 1. The van der Waals surface area contributed by atoms with E-state index in [4.69, 9.17) is 5.11 Å². The fourth-order valence-corrected chi connectivity index (χ4v) is 1.29. The smallest absolute Gasteiger partial charge is 0.460 e. The molecule has 0 heterocycles. The predicted octanol–water partition coefficient (Wildman–Crippen LogP) is 5.00. The van der Waals surface area contributed by atoms with Crippen LogP contribution in [0, 0.1) is 0 Å². The second-order valence-electron chi connectivity index (χ2n) is 4.73. The molecule has 0 aromatic rings. The maximum absolute atomic E-state index is 13.1. The lowest BCUT2D eigenvalue weighted by atomic mass is 9.89. The first-order valence-corrected chi connectivity index (χ1v) is 5.62. The van der Waals surface area contributed by atoms with Gasteiger partial charge in [0.25, 0.3) is 0 Å². The summed E-state index contributed by atoms with van der Waals surface area (Å²) in [6, 6.07) is 0. The van der Waals surface area contributed by atoms with Crippen LogP contribution in [0.4, 0.5) is 65.9 Å². The van der Waals surface area contributed by atoms with Crippen molar-refractivity contribution in [2.45, 2.75) is 41.7 Å². The molecule has 0 amide bonds. The molecular formula is C10H3F15O2. The van der Waals surface area contributed by atoms with Crippen LogP contribution in [0.5, 0.6) is 0 Å². The van der Waals surface area contributed by atoms with Crippen molar-refractivity contribution in [2.24, 2.45) is 0 Å². The van der Waals surface area contributed by atoms with Gasteiger partial charge in [0.15, 0.2) is 0 Å². The molecule has 0 aliphatic carbocycles. The van der Waals surface area contributed by atoms with E-state index < -0.39 is 53.3 Å². The lowest BCUT2D eigenvalue weighted by molar-refractivity contribution is -0.450. The van der Waals surface area contributed by atoms with Crippen molar-refractivity contribution in [3.8, 4) is 0 Å². The van der Waals surface area contributed by atoms with E-state index in [9.17, 15) is 70.7 Å². The monoisotopic (exact) mass is 440 g/mol. The molecule has 1 N–H and O–H groups in total. The Labute approximate surface area is 137 Å². The van der Waals surface area contributed by atoms with Crippen molar-refractivity contribution in [1.82, 2.24) is 0 Å². The zero-order valence-electron chi connectivity index (χ0n) is 11.7. The van der Waals surface area contributed by atoms with Crippen molar-refractivity contribution in [3.05, 3.63) is 12.2 Å². The average Bonchev–Trinajstić information content (AvgIpc) is 2.43. The minimum atomic E-state index is -8.45. The van der Waals surface area contributed by atoms with Gasteiger partial charge in [-0.3, -0.25) is 0 Å². The molecule has 27 heavy (non-hydrogen) atoms. The molecule has 0 bridgehead atoms. The summed E-state index contributed by atoms with van der Waals surface area (Å²) >= 11 is 0. The molecule has 0 spiro atoms. The van der Waals surface area contributed by atoms with Crippen LogP contribution in [0.1, 0.15) is 0 Å². The molecule has 0 saturated heterocycles. The first kappa shape index (κ1) is 25.2. The molecule has 0 radical (unpaired) electrons. The summed E-state index contributed by atoms with van der Waals surface area (Å²) in [7, 11) is 0. The fraction of sp³-hybridized carbons (Fsp3) is 0.700. The molecule has 0 atom stereocenters. The van der Waals surface area contributed by atoms with Crippen LogP contribution in [0.25, 0.3) is 0 Å². The highest BCUT2D eigenvalue weighted by molar-refractivity contribution is 5.88. The van der Waals surface area contributed by atoms with E-state index >= 15 is 0 Å². The van der Waals surface area contributed by atoms with Gasteiger partial charge in [0.05, 0.1) is 0 Å². The molecule has 0 aliphatic heterocycles. The third-order valence-corrected chi connectivity index (χ3v) is 2.96. The number of aliphatic carboxylic acids is 1. The van der Waals surface area contributed by atoms with E-state index in [1.54, 1.807) is 6.58 Å². The second-order valence-corrected chi connectivity index (χ2v) is 4.73. The molecule has 0 unspecified atom stereocenters. The predicted molar refractivity (Wildman–Crippen MR) is 52.5 cm³/mol. The first-order chi connectivity index (χ1) is 11.4. The molecule has 0 aromatic heterocycles. The Bertz CT molecular complexity index is 615. The molecule has 0 saturated carbocycles. The molecule has 2 nitrogen and oxygen atoms in total. The largest absolute Gasteiger partial charge is 0.478 e. The highest BCUT2D eigenvalue weighted by atomic mass is 19.4. The van der Waals surface area contributed by atoms with Gasteiger partial charge in [-0.15, -0.1) is 0 Å². The molecular weight excluding hydrogens is 437 g/mol.